The Morgan fingerprint density at radius 3 is 2.50 bits per heavy atom. The van der Waals surface area contributed by atoms with Crippen molar-refractivity contribution in [2.45, 2.75) is 39.2 Å². The molecule has 1 aromatic rings. The fraction of sp³-hybridized carbons (Fsp3) is 0.467. The molecule has 0 aliphatic heterocycles. The highest BCUT2D eigenvalue weighted by Gasteiger charge is 1.99. The molecule has 1 heteroatoms. The molecule has 0 radical (unpaired) electrons. The summed E-state index contributed by atoms with van der Waals surface area (Å²) in [5.41, 5.74) is 1.36. The average Bonchev–Trinajstić information content (AvgIpc) is 2.34. The van der Waals surface area contributed by atoms with Crippen LogP contribution < -0.4 is 0 Å². The highest BCUT2D eigenvalue weighted by Crippen LogP contribution is 2.07. The van der Waals surface area contributed by atoms with Crippen LogP contribution in [0.15, 0.2) is 43.1 Å². The Bertz CT molecular complexity index is 279. The van der Waals surface area contributed by atoms with E-state index < -0.39 is 0 Å². The zero-order valence-corrected chi connectivity index (χ0v) is 10.4. The summed E-state index contributed by atoms with van der Waals surface area (Å²) in [7, 11) is 0. The number of rotatable bonds is 8. The van der Waals surface area contributed by atoms with Gasteiger partial charge in [-0.15, -0.1) is 0 Å². The maximum atomic E-state index is 3.88. The second kappa shape index (κ2) is 7.98. The molecule has 0 amide bonds. The van der Waals surface area contributed by atoms with E-state index in [1.807, 2.05) is 6.20 Å². The molecule has 1 nitrogen and oxygen atoms in total. The molecule has 0 saturated heterocycles. The van der Waals surface area contributed by atoms with Crippen LogP contribution in [0.25, 0.3) is 0 Å². The van der Waals surface area contributed by atoms with Crippen LogP contribution in [-0.2, 0) is 6.54 Å². The average molecular weight is 217 g/mol. The highest BCUT2D eigenvalue weighted by atomic mass is 15.1. The summed E-state index contributed by atoms with van der Waals surface area (Å²) < 4.78 is 0. The highest BCUT2D eigenvalue weighted by molar-refractivity contribution is 5.14. The van der Waals surface area contributed by atoms with Crippen molar-refractivity contribution in [2.75, 3.05) is 6.54 Å². The van der Waals surface area contributed by atoms with Gasteiger partial charge in [-0.25, -0.2) is 0 Å². The monoisotopic (exact) mass is 217 g/mol. The van der Waals surface area contributed by atoms with Crippen LogP contribution in [0.1, 0.15) is 38.2 Å². The molecule has 0 aliphatic carbocycles. The van der Waals surface area contributed by atoms with Crippen LogP contribution in [0.3, 0.4) is 0 Å². The zero-order valence-electron chi connectivity index (χ0n) is 10.4. The summed E-state index contributed by atoms with van der Waals surface area (Å²) in [6.45, 7) is 8.23. The Labute approximate surface area is 99.8 Å². The van der Waals surface area contributed by atoms with Gasteiger partial charge in [-0.3, -0.25) is 0 Å². The number of unbranched alkanes of at least 4 members (excludes halogenated alkanes) is 3. The largest absolute Gasteiger partial charge is 0.374 e. The van der Waals surface area contributed by atoms with E-state index in [2.05, 4.69) is 48.7 Å². The second-order valence-corrected chi connectivity index (χ2v) is 4.20. The molecule has 0 aromatic heterocycles. The number of hydrogen-bond acceptors (Lipinski definition) is 1. The first-order chi connectivity index (χ1) is 7.86. The number of nitrogens with zero attached hydrogens (tertiary/aromatic N) is 1. The maximum absolute atomic E-state index is 3.88. The van der Waals surface area contributed by atoms with E-state index in [-0.39, 0.29) is 0 Å². The summed E-state index contributed by atoms with van der Waals surface area (Å²) in [4.78, 5) is 2.30. The van der Waals surface area contributed by atoms with Gasteiger partial charge in [0.25, 0.3) is 0 Å². The quantitative estimate of drug-likeness (QED) is 0.589. The molecular weight excluding hydrogens is 194 g/mol. The van der Waals surface area contributed by atoms with Gasteiger partial charge in [0, 0.05) is 13.1 Å². The van der Waals surface area contributed by atoms with Crippen molar-refractivity contribution >= 4 is 0 Å². The number of hydrogen-bond donors (Lipinski definition) is 0. The lowest BCUT2D eigenvalue weighted by Crippen LogP contribution is -2.17. The molecule has 0 heterocycles. The van der Waals surface area contributed by atoms with Gasteiger partial charge in [-0.1, -0.05) is 63.1 Å². The third-order valence-electron chi connectivity index (χ3n) is 2.79. The summed E-state index contributed by atoms with van der Waals surface area (Å²) in [6, 6.07) is 10.6. The number of benzene rings is 1. The minimum Gasteiger partial charge on any atom is -0.374 e. The lowest BCUT2D eigenvalue weighted by molar-refractivity contribution is 0.357. The second-order valence-electron chi connectivity index (χ2n) is 4.20. The SMILES string of the molecule is C=CN(CCCCCC)Cc1ccccc1. The summed E-state index contributed by atoms with van der Waals surface area (Å²) in [6.07, 6.45) is 7.20. The van der Waals surface area contributed by atoms with Gasteiger partial charge in [0.05, 0.1) is 0 Å². The molecular formula is C15H23N. The van der Waals surface area contributed by atoms with E-state index in [4.69, 9.17) is 0 Å². The minimum atomic E-state index is 0.983. The first-order valence-electron chi connectivity index (χ1n) is 6.27. The molecule has 0 aliphatic rings. The van der Waals surface area contributed by atoms with Crippen molar-refractivity contribution in [3.8, 4) is 0 Å². The van der Waals surface area contributed by atoms with Gasteiger partial charge in [0.2, 0.25) is 0 Å². The molecule has 0 unspecified atom stereocenters. The molecule has 0 fully saturated rings. The van der Waals surface area contributed by atoms with Gasteiger partial charge in [0.1, 0.15) is 0 Å². The fourth-order valence-electron chi connectivity index (χ4n) is 1.79. The van der Waals surface area contributed by atoms with Gasteiger partial charge in [-0.05, 0) is 18.2 Å². The van der Waals surface area contributed by atoms with Crippen LogP contribution in [0.5, 0.6) is 0 Å². The Morgan fingerprint density at radius 2 is 1.88 bits per heavy atom. The Morgan fingerprint density at radius 1 is 1.12 bits per heavy atom. The lowest BCUT2D eigenvalue weighted by atomic mass is 10.2. The molecule has 0 atom stereocenters. The van der Waals surface area contributed by atoms with Crippen LogP contribution in [-0.4, -0.2) is 11.4 Å². The predicted molar refractivity (Wildman–Crippen MR) is 71.2 cm³/mol. The molecule has 1 rings (SSSR count). The third kappa shape index (κ3) is 5.01. The molecule has 0 N–H and O–H groups in total. The van der Waals surface area contributed by atoms with Crippen molar-refractivity contribution in [3.05, 3.63) is 48.7 Å². The van der Waals surface area contributed by atoms with E-state index in [9.17, 15) is 0 Å². The smallest absolute Gasteiger partial charge is 0.0423 e. The van der Waals surface area contributed by atoms with Gasteiger partial charge in [-0.2, -0.15) is 0 Å². The van der Waals surface area contributed by atoms with E-state index in [0.717, 1.165) is 13.1 Å². The van der Waals surface area contributed by atoms with Crippen LogP contribution in [0.4, 0.5) is 0 Å². The maximum Gasteiger partial charge on any atom is 0.0423 e. The van der Waals surface area contributed by atoms with Crippen molar-refractivity contribution < 1.29 is 0 Å². The Hall–Kier alpha value is -1.24. The fourth-order valence-corrected chi connectivity index (χ4v) is 1.79. The minimum absolute atomic E-state index is 0.983. The van der Waals surface area contributed by atoms with E-state index in [1.54, 1.807) is 0 Å². The molecule has 0 spiro atoms. The van der Waals surface area contributed by atoms with E-state index in [0.29, 0.717) is 0 Å². The van der Waals surface area contributed by atoms with Gasteiger partial charge < -0.3 is 4.90 Å². The standard InChI is InChI=1S/C15H23N/c1-3-5-6-10-13-16(4-2)14-15-11-8-7-9-12-15/h4,7-9,11-12H,2-3,5-6,10,13-14H2,1H3. The van der Waals surface area contributed by atoms with Crippen molar-refractivity contribution in [1.82, 2.24) is 4.90 Å². The first-order valence-corrected chi connectivity index (χ1v) is 6.27. The Balaban J connectivity index is 2.29. The van der Waals surface area contributed by atoms with E-state index >= 15 is 0 Å². The van der Waals surface area contributed by atoms with Crippen LogP contribution in [0, 0.1) is 0 Å². The van der Waals surface area contributed by atoms with Crippen LogP contribution >= 0.6 is 0 Å². The van der Waals surface area contributed by atoms with E-state index in [1.165, 1.54) is 31.2 Å². The summed E-state index contributed by atoms with van der Waals surface area (Å²) in [5.74, 6) is 0. The molecule has 0 saturated carbocycles. The van der Waals surface area contributed by atoms with Gasteiger partial charge >= 0.3 is 0 Å². The van der Waals surface area contributed by atoms with Gasteiger partial charge in [0.15, 0.2) is 0 Å². The molecule has 88 valence electrons. The topological polar surface area (TPSA) is 3.24 Å². The van der Waals surface area contributed by atoms with Crippen LogP contribution in [0.2, 0.25) is 0 Å². The van der Waals surface area contributed by atoms with Crippen molar-refractivity contribution in [2.24, 2.45) is 0 Å². The summed E-state index contributed by atoms with van der Waals surface area (Å²) in [5, 5.41) is 0. The third-order valence-corrected chi connectivity index (χ3v) is 2.79. The predicted octanol–water partition coefficient (Wildman–Crippen LogP) is 4.21. The zero-order chi connectivity index (χ0) is 11.6. The Kier molecular flexibility index (Phi) is 6.39. The first kappa shape index (κ1) is 12.8. The van der Waals surface area contributed by atoms with Crippen molar-refractivity contribution in [3.63, 3.8) is 0 Å². The molecule has 0 bridgehead atoms. The molecule has 16 heavy (non-hydrogen) atoms. The molecule has 1 aromatic carbocycles. The van der Waals surface area contributed by atoms with Crippen molar-refractivity contribution in [1.29, 1.82) is 0 Å². The normalized spacial score (nSPS) is 10.1. The summed E-state index contributed by atoms with van der Waals surface area (Å²) >= 11 is 0. The lowest BCUT2D eigenvalue weighted by Gasteiger charge is -2.19.